The maximum atomic E-state index is 9.28. The molecular formula is C12H18ClNO2. The minimum atomic E-state index is -0.0401. The molecule has 1 aromatic rings. The van der Waals surface area contributed by atoms with Gasteiger partial charge in [0.1, 0.15) is 0 Å². The van der Waals surface area contributed by atoms with Crippen LogP contribution in [0.4, 0.5) is 5.69 Å². The van der Waals surface area contributed by atoms with Crippen molar-refractivity contribution in [2.45, 2.75) is 20.0 Å². The van der Waals surface area contributed by atoms with Gasteiger partial charge in [0, 0.05) is 18.7 Å². The zero-order chi connectivity index (χ0) is 12.0. The Balaban J connectivity index is 3.05. The Morgan fingerprint density at radius 1 is 1.25 bits per heavy atom. The molecule has 0 saturated carbocycles. The van der Waals surface area contributed by atoms with Crippen molar-refractivity contribution < 1.29 is 10.2 Å². The summed E-state index contributed by atoms with van der Waals surface area (Å²) >= 11 is 6.14. The van der Waals surface area contributed by atoms with E-state index in [1.165, 1.54) is 0 Å². The predicted molar refractivity (Wildman–Crippen MR) is 67.0 cm³/mol. The number of hydrogen-bond acceptors (Lipinski definition) is 3. The van der Waals surface area contributed by atoms with Gasteiger partial charge in [-0.05, 0) is 12.5 Å². The number of anilines is 1. The maximum absolute atomic E-state index is 9.28. The van der Waals surface area contributed by atoms with Crippen molar-refractivity contribution in [1.82, 2.24) is 0 Å². The third-order valence-corrected chi connectivity index (χ3v) is 2.73. The Morgan fingerprint density at radius 3 is 2.56 bits per heavy atom. The summed E-state index contributed by atoms with van der Waals surface area (Å²) in [4.78, 5) is 2.01. The zero-order valence-electron chi connectivity index (χ0n) is 9.49. The van der Waals surface area contributed by atoms with Crippen molar-refractivity contribution in [1.29, 1.82) is 0 Å². The molecule has 0 heterocycles. The van der Waals surface area contributed by atoms with Crippen LogP contribution >= 0.6 is 11.6 Å². The molecule has 2 N–H and O–H groups in total. The third-order valence-electron chi connectivity index (χ3n) is 2.42. The van der Waals surface area contributed by atoms with Gasteiger partial charge in [-0.2, -0.15) is 0 Å². The van der Waals surface area contributed by atoms with E-state index in [9.17, 15) is 5.11 Å². The molecule has 0 aliphatic carbocycles. The molecule has 3 nitrogen and oxygen atoms in total. The Kier molecular flexibility index (Phi) is 5.60. The first kappa shape index (κ1) is 13.3. The van der Waals surface area contributed by atoms with E-state index in [2.05, 4.69) is 6.92 Å². The smallest absolute Gasteiger partial charge is 0.0702 e. The van der Waals surface area contributed by atoms with Crippen LogP contribution in [0.5, 0.6) is 0 Å². The summed E-state index contributed by atoms with van der Waals surface area (Å²) in [5.41, 5.74) is 1.64. The van der Waals surface area contributed by atoms with E-state index >= 15 is 0 Å². The second-order valence-electron chi connectivity index (χ2n) is 3.62. The van der Waals surface area contributed by atoms with E-state index in [0.717, 1.165) is 24.2 Å². The van der Waals surface area contributed by atoms with Crippen molar-refractivity contribution in [3.8, 4) is 0 Å². The van der Waals surface area contributed by atoms with Gasteiger partial charge in [-0.3, -0.25) is 0 Å². The van der Waals surface area contributed by atoms with Crippen LogP contribution in [-0.4, -0.2) is 29.9 Å². The lowest BCUT2D eigenvalue weighted by atomic mass is 10.1. The lowest BCUT2D eigenvalue weighted by Crippen LogP contribution is -2.28. The summed E-state index contributed by atoms with van der Waals surface area (Å²) in [7, 11) is 0. The van der Waals surface area contributed by atoms with Crippen molar-refractivity contribution in [3.05, 3.63) is 28.8 Å². The number of rotatable bonds is 6. The summed E-state index contributed by atoms with van der Waals surface area (Å²) in [6.45, 7) is 3.46. The topological polar surface area (TPSA) is 43.7 Å². The molecule has 0 atom stereocenters. The molecular weight excluding hydrogens is 226 g/mol. The van der Waals surface area contributed by atoms with Gasteiger partial charge in [0.2, 0.25) is 0 Å². The number of halogens is 1. The van der Waals surface area contributed by atoms with E-state index in [1.807, 2.05) is 17.0 Å². The number of aliphatic hydroxyl groups excluding tert-OH is 2. The molecule has 0 spiro atoms. The molecule has 0 aliphatic heterocycles. The second kappa shape index (κ2) is 6.74. The second-order valence-corrected chi connectivity index (χ2v) is 4.02. The van der Waals surface area contributed by atoms with E-state index in [1.54, 1.807) is 6.07 Å². The van der Waals surface area contributed by atoms with Crippen molar-refractivity contribution in [3.63, 3.8) is 0 Å². The van der Waals surface area contributed by atoms with Crippen LogP contribution in [0.1, 0.15) is 18.9 Å². The first-order chi connectivity index (χ1) is 7.74. The lowest BCUT2D eigenvalue weighted by Gasteiger charge is -2.26. The van der Waals surface area contributed by atoms with Gasteiger partial charge in [-0.25, -0.2) is 0 Å². The van der Waals surface area contributed by atoms with Crippen LogP contribution in [0.2, 0.25) is 5.02 Å². The van der Waals surface area contributed by atoms with Crippen LogP contribution in [0.3, 0.4) is 0 Å². The molecule has 0 aliphatic rings. The molecule has 16 heavy (non-hydrogen) atoms. The molecule has 0 radical (unpaired) electrons. The summed E-state index contributed by atoms with van der Waals surface area (Å²) in [6.07, 6.45) is 0.968. The number of para-hydroxylation sites is 1. The van der Waals surface area contributed by atoms with E-state index in [4.69, 9.17) is 16.7 Å². The molecule has 0 amide bonds. The molecule has 1 aromatic carbocycles. The van der Waals surface area contributed by atoms with E-state index in [0.29, 0.717) is 11.6 Å². The van der Waals surface area contributed by atoms with Gasteiger partial charge >= 0.3 is 0 Å². The van der Waals surface area contributed by atoms with Crippen LogP contribution in [0.15, 0.2) is 18.2 Å². The lowest BCUT2D eigenvalue weighted by molar-refractivity contribution is 0.280. The van der Waals surface area contributed by atoms with Crippen LogP contribution in [0.25, 0.3) is 0 Å². The molecule has 1 rings (SSSR count). The molecule has 90 valence electrons. The predicted octanol–water partition coefficient (Wildman–Crippen LogP) is 2.04. The summed E-state index contributed by atoms with van der Waals surface area (Å²) in [6, 6.07) is 5.47. The minimum absolute atomic E-state index is 0.0401. The highest BCUT2D eigenvalue weighted by molar-refractivity contribution is 6.33. The Morgan fingerprint density at radius 2 is 2.00 bits per heavy atom. The van der Waals surface area contributed by atoms with Gasteiger partial charge in [-0.15, -0.1) is 0 Å². The first-order valence-corrected chi connectivity index (χ1v) is 5.86. The van der Waals surface area contributed by atoms with Crippen LogP contribution in [-0.2, 0) is 6.61 Å². The standard InChI is InChI=1S/C12H18ClNO2/c1-2-6-14(7-8-15)12-10(9-16)4-3-5-11(12)13/h3-5,15-16H,2,6-9H2,1H3. The first-order valence-electron chi connectivity index (χ1n) is 5.48. The average Bonchev–Trinajstić information content (AvgIpc) is 2.28. The van der Waals surface area contributed by atoms with Crippen molar-refractivity contribution in [2.75, 3.05) is 24.6 Å². The van der Waals surface area contributed by atoms with Gasteiger partial charge in [-0.1, -0.05) is 30.7 Å². The monoisotopic (exact) mass is 243 g/mol. The van der Waals surface area contributed by atoms with Gasteiger partial charge in [0.05, 0.1) is 23.9 Å². The van der Waals surface area contributed by atoms with Gasteiger partial charge < -0.3 is 15.1 Å². The number of nitrogens with zero attached hydrogens (tertiary/aromatic N) is 1. The Hall–Kier alpha value is -0.770. The molecule has 0 unspecified atom stereocenters. The van der Waals surface area contributed by atoms with Crippen LogP contribution < -0.4 is 4.90 Å². The van der Waals surface area contributed by atoms with Gasteiger partial charge in [0.25, 0.3) is 0 Å². The zero-order valence-corrected chi connectivity index (χ0v) is 10.2. The highest BCUT2D eigenvalue weighted by Gasteiger charge is 2.13. The van der Waals surface area contributed by atoms with Crippen molar-refractivity contribution in [2.24, 2.45) is 0 Å². The summed E-state index contributed by atoms with van der Waals surface area (Å²) in [5.74, 6) is 0. The normalized spacial score (nSPS) is 10.5. The maximum Gasteiger partial charge on any atom is 0.0702 e. The molecule has 0 aromatic heterocycles. The number of aliphatic hydroxyl groups is 2. The molecule has 0 bridgehead atoms. The molecule has 0 saturated heterocycles. The number of benzene rings is 1. The highest BCUT2D eigenvalue weighted by atomic mass is 35.5. The quantitative estimate of drug-likeness (QED) is 0.804. The Labute approximate surface area is 101 Å². The fourth-order valence-electron chi connectivity index (χ4n) is 1.77. The SMILES string of the molecule is CCCN(CCO)c1c(Cl)cccc1CO. The fourth-order valence-corrected chi connectivity index (χ4v) is 2.08. The average molecular weight is 244 g/mol. The minimum Gasteiger partial charge on any atom is -0.395 e. The van der Waals surface area contributed by atoms with E-state index in [-0.39, 0.29) is 13.2 Å². The fraction of sp³-hybridized carbons (Fsp3) is 0.500. The van der Waals surface area contributed by atoms with E-state index < -0.39 is 0 Å². The Bertz CT molecular complexity index is 325. The summed E-state index contributed by atoms with van der Waals surface area (Å²) in [5, 5.41) is 18.9. The number of hydrogen-bond donors (Lipinski definition) is 2. The van der Waals surface area contributed by atoms with Crippen LogP contribution in [0, 0.1) is 0 Å². The van der Waals surface area contributed by atoms with Crippen molar-refractivity contribution >= 4 is 17.3 Å². The third kappa shape index (κ3) is 3.11. The summed E-state index contributed by atoms with van der Waals surface area (Å²) < 4.78 is 0. The largest absolute Gasteiger partial charge is 0.395 e. The molecule has 4 heteroatoms. The molecule has 0 fully saturated rings. The highest BCUT2D eigenvalue weighted by Crippen LogP contribution is 2.30. The van der Waals surface area contributed by atoms with Gasteiger partial charge in [0.15, 0.2) is 0 Å².